The van der Waals surface area contributed by atoms with E-state index in [4.69, 9.17) is 0 Å². The number of nitrogens with one attached hydrogen (secondary N) is 1. The van der Waals surface area contributed by atoms with Crippen molar-refractivity contribution in [2.75, 3.05) is 18.1 Å². The van der Waals surface area contributed by atoms with Crippen LogP contribution in [-0.4, -0.2) is 24.0 Å². The zero-order valence-corrected chi connectivity index (χ0v) is 11.6. The van der Waals surface area contributed by atoms with Gasteiger partial charge in [0.25, 0.3) is 0 Å². The molecule has 1 aromatic heterocycles. The quantitative estimate of drug-likeness (QED) is 0.844. The van der Waals surface area contributed by atoms with E-state index in [1.54, 1.807) is 30.1 Å². The molecule has 0 aliphatic carbocycles. The fourth-order valence-electron chi connectivity index (χ4n) is 1.73. The third-order valence-corrected chi connectivity index (χ3v) is 3.45. The average molecular weight is 298 g/mol. The molecule has 0 spiro atoms. The van der Waals surface area contributed by atoms with E-state index in [-0.39, 0.29) is 5.82 Å². The third kappa shape index (κ3) is 3.90. The topological polar surface area (TPSA) is 24.9 Å². The average Bonchev–Trinajstić information content (AvgIpc) is 2.45. The molecule has 0 fully saturated rings. The molecule has 0 saturated heterocycles. The van der Waals surface area contributed by atoms with Gasteiger partial charge in [-0.3, -0.25) is 0 Å². The van der Waals surface area contributed by atoms with Crippen LogP contribution in [0.2, 0.25) is 0 Å². The van der Waals surface area contributed by atoms with Gasteiger partial charge in [-0.05, 0) is 30.0 Å². The molecular weight excluding hydrogens is 285 g/mol. The van der Waals surface area contributed by atoms with Gasteiger partial charge in [0.15, 0.2) is 0 Å². The van der Waals surface area contributed by atoms with Gasteiger partial charge in [-0.15, -0.1) is 11.8 Å². The minimum Gasteiger partial charge on any atom is -0.361 e. The number of hydrogen-bond acceptors (Lipinski definition) is 3. The van der Waals surface area contributed by atoms with Crippen LogP contribution in [0.3, 0.4) is 0 Å². The van der Waals surface area contributed by atoms with Gasteiger partial charge in [-0.25, -0.2) is 4.98 Å². The number of thioether (sulfide) groups is 1. The lowest BCUT2D eigenvalue weighted by atomic mass is 10.1. The van der Waals surface area contributed by atoms with Crippen LogP contribution in [0.4, 0.5) is 19.0 Å². The molecule has 0 bridgehead atoms. The Balaban J connectivity index is 2.16. The van der Waals surface area contributed by atoms with Gasteiger partial charge in [0.2, 0.25) is 0 Å². The molecule has 0 saturated carbocycles. The molecule has 106 valence electrons. The summed E-state index contributed by atoms with van der Waals surface area (Å²) < 4.78 is 36.3. The first-order valence-corrected chi connectivity index (χ1v) is 7.12. The summed E-state index contributed by atoms with van der Waals surface area (Å²) in [6.45, 7) is -1.08. The summed E-state index contributed by atoms with van der Waals surface area (Å²) >= 11 is 1.62. The molecule has 2 rings (SSSR count). The summed E-state index contributed by atoms with van der Waals surface area (Å²) in [6, 6.07) is 11.1. The second-order valence-corrected chi connectivity index (χ2v) is 4.95. The van der Waals surface area contributed by atoms with E-state index in [1.165, 1.54) is 0 Å². The maximum absolute atomic E-state index is 12.1. The van der Waals surface area contributed by atoms with Crippen molar-refractivity contribution >= 4 is 17.6 Å². The molecule has 0 unspecified atom stereocenters. The minimum absolute atomic E-state index is 0.215. The second-order valence-electron chi connectivity index (χ2n) is 4.10. The van der Waals surface area contributed by atoms with Gasteiger partial charge in [0, 0.05) is 16.7 Å². The second kappa shape index (κ2) is 6.17. The lowest BCUT2D eigenvalue weighted by Gasteiger charge is -2.10. The SMILES string of the molecule is CSc1ccccc1-c1ccc(NCC(F)(F)F)nc1. The Hall–Kier alpha value is -1.69. The summed E-state index contributed by atoms with van der Waals surface area (Å²) in [6.07, 6.45) is -0.689. The summed E-state index contributed by atoms with van der Waals surface area (Å²) in [5.74, 6) is 0.215. The Labute approximate surface area is 119 Å². The zero-order chi connectivity index (χ0) is 14.6. The molecule has 0 atom stereocenters. The Morgan fingerprint density at radius 1 is 1.15 bits per heavy atom. The van der Waals surface area contributed by atoms with Crippen molar-refractivity contribution in [3.05, 3.63) is 42.6 Å². The van der Waals surface area contributed by atoms with Crippen LogP contribution in [-0.2, 0) is 0 Å². The van der Waals surface area contributed by atoms with E-state index in [0.29, 0.717) is 0 Å². The van der Waals surface area contributed by atoms with Crippen LogP contribution in [0.5, 0.6) is 0 Å². The highest BCUT2D eigenvalue weighted by Crippen LogP contribution is 2.29. The van der Waals surface area contributed by atoms with E-state index < -0.39 is 12.7 Å². The predicted molar refractivity (Wildman–Crippen MR) is 76.0 cm³/mol. The van der Waals surface area contributed by atoms with Gasteiger partial charge in [-0.1, -0.05) is 18.2 Å². The Bertz CT molecular complexity index is 567. The van der Waals surface area contributed by atoms with Crippen molar-refractivity contribution in [1.82, 2.24) is 4.98 Å². The van der Waals surface area contributed by atoms with Crippen molar-refractivity contribution in [2.24, 2.45) is 0 Å². The van der Waals surface area contributed by atoms with Crippen LogP contribution in [0, 0.1) is 0 Å². The van der Waals surface area contributed by atoms with Gasteiger partial charge in [0.05, 0.1) is 0 Å². The number of benzene rings is 1. The molecule has 0 amide bonds. The molecule has 0 aliphatic heterocycles. The molecule has 2 nitrogen and oxygen atoms in total. The van der Waals surface area contributed by atoms with Crippen LogP contribution >= 0.6 is 11.8 Å². The first kappa shape index (κ1) is 14.7. The Morgan fingerprint density at radius 3 is 2.50 bits per heavy atom. The number of hydrogen-bond donors (Lipinski definition) is 1. The van der Waals surface area contributed by atoms with Gasteiger partial charge in [-0.2, -0.15) is 13.2 Å². The van der Waals surface area contributed by atoms with Crippen LogP contribution < -0.4 is 5.32 Å². The fraction of sp³-hybridized carbons (Fsp3) is 0.214. The van der Waals surface area contributed by atoms with Gasteiger partial charge in [0.1, 0.15) is 12.4 Å². The summed E-state index contributed by atoms with van der Waals surface area (Å²) in [4.78, 5) is 5.12. The number of alkyl halides is 3. The lowest BCUT2D eigenvalue weighted by molar-refractivity contribution is -0.115. The number of nitrogens with zero attached hydrogens (tertiary/aromatic N) is 1. The maximum Gasteiger partial charge on any atom is 0.405 e. The van der Waals surface area contributed by atoms with E-state index >= 15 is 0 Å². The number of pyridine rings is 1. The van der Waals surface area contributed by atoms with Crippen molar-refractivity contribution in [1.29, 1.82) is 0 Å². The van der Waals surface area contributed by atoms with Crippen molar-refractivity contribution in [2.45, 2.75) is 11.1 Å². The number of halogens is 3. The van der Waals surface area contributed by atoms with Crippen molar-refractivity contribution in [3.8, 4) is 11.1 Å². The molecule has 2 aromatic rings. The highest BCUT2D eigenvalue weighted by atomic mass is 32.2. The van der Waals surface area contributed by atoms with E-state index in [9.17, 15) is 13.2 Å². The van der Waals surface area contributed by atoms with E-state index in [1.807, 2.05) is 30.5 Å². The molecular formula is C14H13F3N2S. The molecule has 1 aromatic carbocycles. The lowest BCUT2D eigenvalue weighted by Crippen LogP contribution is -2.21. The standard InChI is InChI=1S/C14H13F3N2S/c1-20-12-5-3-2-4-11(12)10-6-7-13(18-8-10)19-9-14(15,16)17/h2-8H,9H2,1H3,(H,18,19). The summed E-state index contributed by atoms with van der Waals surface area (Å²) in [5.41, 5.74) is 1.90. The van der Waals surface area contributed by atoms with Crippen molar-refractivity contribution < 1.29 is 13.2 Å². The van der Waals surface area contributed by atoms with E-state index in [2.05, 4.69) is 10.3 Å². The normalized spacial score (nSPS) is 11.4. The molecule has 0 radical (unpaired) electrons. The third-order valence-electron chi connectivity index (χ3n) is 2.65. The Kier molecular flexibility index (Phi) is 4.54. The number of aromatic nitrogens is 1. The zero-order valence-electron chi connectivity index (χ0n) is 10.7. The van der Waals surface area contributed by atoms with Crippen LogP contribution in [0.1, 0.15) is 0 Å². The smallest absolute Gasteiger partial charge is 0.361 e. The largest absolute Gasteiger partial charge is 0.405 e. The molecule has 0 aliphatic rings. The number of anilines is 1. The highest BCUT2D eigenvalue weighted by molar-refractivity contribution is 7.98. The predicted octanol–water partition coefficient (Wildman–Crippen LogP) is 4.44. The van der Waals surface area contributed by atoms with E-state index in [0.717, 1.165) is 16.0 Å². The first-order valence-electron chi connectivity index (χ1n) is 5.89. The Morgan fingerprint density at radius 2 is 1.90 bits per heavy atom. The molecule has 20 heavy (non-hydrogen) atoms. The monoisotopic (exact) mass is 298 g/mol. The van der Waals surface area contributed by atoms with Crippen molar-refractivity contribution in [3.63, 3.8) is 0 Å². The molecule has 1 heterocycles. The van der Waals surface area contributed by atoms with Gasteiger partial charge >= 0.3 is 6.18 Å². The summed E-state index contributed by atoms with van der Waals surface area (Å²) in [7, 11) is 0. The molecule has 6 heteroatoms. The number of rotatable bonds is 4. The molecule has 1 N–H and O–H groups in total. The fourth-order valence-corrected chi connectivity index (χ4v) is 2.35. The summed E-state index contributed by atoms with van der Waals surface area (Å²) in [5, 5.41) is 2.25. The van der Waals surface area contributed by atoms with Gasteiger partial charge < -0.3 is 5.32 Å². The highest BCUT2D eigenvalue weighted by Gasteiger charge is 2.26. The van der Waals surface area contributed by atoms with Crippen LogP contribution in [0.15, 0.2) is 47.5 Å². The van der Waals surface area contributed by atoms with Crippen LogP contribution in [0.25, 0.3) is 11.1 Å². The first-order chi connectivity index (χ1) is 9.49. The maximum atomic E-state index is 12.1. The minimum atomic E-state index is -4.24.